The highest BCUT2D eigenvalue weighted by molar-refractivity contribution is 7.86. The number of hydrogen-bond acceptors (Lipinski definition) is 6. The quantitative estimate of drug-likeness (QED) is 0.748. The number of nitrogens with zero attached hydrogens (tertiary/aromatic N) is 5. The summed E-state index contributed by atoms with van der Waals surface area (Å²) < 4.78 is 33.3. The van der Waals surface area contributed by atoms with E-state index in [-0.39, 0.29) is 5.41 Å². The molecule has 0 amide bonds. The Morgan fingerprint density at radius 1 is 1.22 bits per heavy atom. The molecule has 27 heavy (non-hydrogen) atoms. The molecule has 1 aliphatic carbocycles. The van der Waals surface area contributed by atoms with Crippen LogP contribution in [0.3, 0.4) is 0 Å². The Morgan fingerprint density at radius 2 is 1.89 bits per heavy atom. The van der Waals surface area contributed by atoms with E-state index in [9.17, 15) is 8.42 Å². The minimum Gasteiger partial charge on any atom is -0.334 e. The molecule has 0 bridgehead atoms. The van der Waals surface area contributed by atoms with Crippen LogP contribution in [0, 0.1) is 5.92 Å². The van der Waals surface area contributed by atoms with Gasteiger partial charge in [-0.1, -0.05) is 18.0 Å². The Bertz CT molecular complexity index is 885. The van der Waals surface area contributed by atoms with E-state index in [1.54, 1.807) is 30.8 Å². The maximum absolute atomic E-state index is 12.5. The van der Waals surface area contributed by atoms with Gasteiger partial charge in [0.05, 0.1) is 0 Å². The van der Waals surface area contributed by atoms with Crippen molar-refractivity contribution in [1.82, 2.24) is 23.7 Å². The van der Waals surface area contributed by atoms with Crippen molar-refractivity contribution in [3.63, 3.8) is 0 Å². The van der Waals surface area contributed by atoms with Crippen LogP contribution in [0.1, 0.15) is 37.9 Å². The van der Waals surface area contributed by atoms with Crippen molar-refractivity contribution >= 4 is 10.2 Å². The SMILES string of the molecule is CN(C)S(=O)(=O)N1CCC(CC2CC2)(c2noc(-c3ccncc3)n2)CC1. The molecule has 2 aromatic heterocycles. The van der Waals surface area contributed by atoms with Gasteiger partial charge < -0.3 is 4.52 Å². The van der Waals surface area contributed by atoms with Crippen molar-refractivity contribution in [3.8, 4) is 11.5 Å². The van der Waals surface area contributed by atoms with E-state index in [0.717, 1.165) is 12.0 Å². The van der Waals surface area contributed by atoms with Crippen LogP contribution in [-0.4, -0.2) is 59.3 Å². The first kappa shape index (κ1) is 18.5. The number of rotatable bonds is 6. The lowest BCUT2D eigenvalue weighted by Gasteiger charge is -2.40. The molecule has 8 nitrogen and oxygen atoms in total. The summed E-state index contributed by atoms with van der Waals surface area (Å²) in [5, 5.41) is 4.31. The minimum atomic E-state index is -3.39. The summed E-state index contributed by atoms with van der Waals surface area (Å²) in [6.45, 7) is 0.957. The third-order valence-corrected chi connectivity index (χ3v) is 7.61. The molecule has 0 unspecified atom stereocenters. The third kappa shape index (κ3) is 3.63. The van der Waals surface area contributed by atoms with Crippen LogP contribution in [0.15, 0.2) is 29.0 Å². The van der Waals surface area contributed by atoms with Crippen molar-refractivity contribution in [2.75, 3.05) is 27.2 Å². The summed E-state index contributed by atoms with van der Waals surface area (Å²) >= 11 is 0. The van der Waals surface area contributed by atoms with E-state index in [1.807, 2.05) is 12.1 Å². The zero-order chi connectivity index (χ0) is 19.1. The Labute approximate surface area is 159 Å². The van der Waals surface area contributed by atoms with Gasteiger partial charge in [-0.15, -0.1) is 0 Å². The van der Waals surface area contributed by atoms with Crippen molar-refractivity contribution in [2.45, 2.75) is 37.5 Å². The van der Waals surface area contributed by atoms with Crippen LogP contribution in [-0.2, 0) is 15.6 Å². The fourth-order valence-electron chi connectivity index (χ4n) is 3.82. The van der Waals surface area contributed by atoms with E-state index in [1.165, 1.54) is 17.1 Å². The van der Waals surface area contributed by atoms with Gasteiger partial charge in [0.1, 0.15) is 0 Å². The lowest BCUT2D eigenvalue weighted by Crippen LogP contribution is -2.49. The van der Waals surface area contributed by atoms with Crippen LogP contribution < -0.4 is 0 Å². The second-order valence-electron chi connectivity index (χ2n) is 7.78. The summed E-state index contributed by atoms with van der Waals surface area (Å²) in [5.74, 6) is 1.89. The Kier molecular flexibility index (Phi) is 4.77. The van der Waals surface area contributed by atoms with Crippen molar-refractivity contribution in [3.05, 3.63) is 30.4 Å². The zero-order valence-electron chi connectivity index (χ0n) is 15.7. The Balaban J connectivity index is 1.59. The first-order valence-electron chi connectivity index (χ1n) is 9.33. The van der Waals surface area contributed by atoms with Crippen molar-refractivity contribution in [2.24, 2.45) is 5.92 Å². The molecule has 0 aromatic carbocycles. The van der Waals surface area contributed by atoms with Gasteiger partial charge in [-0.2, -0.15) is 22.0 Å². The van der Waals surface area contributed by atoms with Gasteiger partial charge >= 0.3 is 0 Å². The molecule has 2 aromatic rings. The molecular weight excluding hydrogens is 366 g/mol. The molecule has 0 radical (unpaired) electrons. The number of pyridine rings is 1. The highest BCUT2D eigenvalue weighted by Crippen LogP contribution is 2.47. The molecule has 0 N–H and O–H groups in total. The second-order valence-corrected chi connectivity index (χ2v) is 9.92. The van der Waals surface area contributed by atoms with Gasteiger partial charge in [-0.25, -0.2) is 0 Å². The fraction of sp³-hybridized carbons (Fsp3) is 0.611. The van der Waals surface area contributed by atoms with Crippen LogP contribution in [0.25, 0.3) is 11.5 Å². The molecule has 0 atom stereocenters. The smallest absolute Gasteiger partial charge is 0.281 e. The van der Waals surface area contributed by atoms with E-state index in [4.69, 9.17) is 9.51 Å². The molecule has 9 heteroatoms. The average molecular weight is 391 g/mol. The first-order chi connectivity index (χ1) is 12.9. The summed E-state index contributed by atoms with van der Waals surface area (Å²) in [5.41, 5.74) is 0.631. The largest absolute Gasteiger partial charge is 0.334 e. The molecule has 4 rings (SSSR count). The molecule has 1 aliphatic heterocycles. The van der Waals surface area contributed by atoms with Gasteiger partial charge in [-0.05, 0) is 37.3 Å². The molecule has 3 heterocycles. The molecule has 0 spiro atoms. The van der Waals surface area contributed by atoms with Crippen LogP contribution in [0.2, 0.25) is 0 Å². The predicted octanol–water partition coefficient (Wildman–Crippen LogP) is 2.07. The number of aromatic nitrogens is 3. The molecule has 146 valence electrons. The Hall–Kier alpha value is -1.84. The maximum Gasteiger partial charge on any atom is 0.281 e. The van der Waals surface area contributed by atoms with Gasteiger partial charge in [0.25, 0.3) is 16.1 Å². The molecule has 1 saturated heterocycles. The normalized spacial score (nSPS) is 20.9. The molecule has 1 saturated carbocycles. The van der Waals surface area contributed by atoms with Crippen molar-refractivity contribution < 1.29 is 12.9 Å². The highest BCUT2D eigenvalue weighted by Gasteiger charge is 2.46. The van der Waals surface area contributed by atoms with Gasteiger partial charge in [0.15, 0.2) is 5.82 Å². The summed E-state index contributed by atoms with van der Waals surface area (Å²) in [4.78, 5) is 8.71. The number of hydrogen-bond donors (Lipinski definition) is 0. The van der Waals surface area contributed by atoms with Crippen molar-refractivity contribution in [1.29, 1.82) is 0 Å². The third-order valence-electron chi connectivity index (χ3n) is 5.67. The van der Waals surface area contributed by atoms with E-state index in [0.29, 0.717) is 43.6 Å². The van der Waals surface area contributed by atoms with Crippen LogP contribution >= 0.6 is 0 Å². The average Bonchev–Trinajstić information content (AvgIpc) is 3.33. The van der Waals surface area contributed by atoms with E-state index >= 15 is 0 Å². The van der Waals surface area contributed by atoms with Gasteiger partial charge in [0, 0.05) is 50.6 Å². The van der Waals surface area contributed by atoms with Crippen LogP contribution in [0.5, 0.6) is 0 Å². The fourth-order valence-corrected chi connectivity index (χ4v) is 4.93. The van der Waals surface area contributed by atoms with Crippen LogP contribution in [0.4, 0.5) is 0 Å². The van der Waals surface area contributed by atoms with E-state index < -0.39 is 10.2 Å². The summed E-state index contributed by atoms with van der Waals surface area (Å²) in [7, 11) is -0.245. The topological polar surface area (TPSA) is 92.4 Å². The number of piperidine rings is 1. The lowest BCUT2D eigenvalue weighted by atomic mass is 9.74. The lowest BCUT2D eigenvalue weighted by molar-refractivity contribution is 0.193. The molecular formula is C18H25N5O3S. The summed E-state index contributed by atoms with van der Waals surface area (Å²) in [6, 6.07) is 3.69. The molecule has 2 fully saturated rings. The first-order valence-corrected chi connectivity index (χ1v) is 10.7. The summed E-state index contributed by atoms with van der Waals surface area (Å²) in [6.07, 6.45) is 8.29. The monoisotopic (exact) mass is 391 g/mol. The van der Waals surface area contributed by atoms with E-state index in [2.05, 4.69) is 10.1 Å². The van der Waals surface area contributed by atoms with Gasteiger partial charge in [0.2, 0.25) is 0 Å². The molecule has 2 aliphatic rings. The Morgan fingerprint density at radius 3 is 2.48 bits per heavy atom. The minimum absolute atomic E-state index is 0.214. The van der Waals surface area contributed by atoms with Gasteiger partial charge in [-0.3, -0.25) is 4.98 Å². The second kappa shape index (κ2) is 6.96. The standard InChI is InChI=1S/C18H25N5O3S/c1-22(2)27(24,25)23-11-7-18(8-12-23,13-14-3-4-14)17-20-16(26-21-17)15-5-9-19-10-6-15/h5-6,9-10,14H,3-4,7-8,11-13H2,1-2H3. The maximum atomic E-state index is 12.5. The highest BCUT2D eigenvalue weighted by atomic mass is 32.2. The zero-order valence-corrected chi connectivity index (χ0v) is 16.5. The predicted molar refractivity (Wildman–Crippen MR) is 100.0 cm³/mol.